The lowest BCUT2D eigenvalue weighted by Crippen LogP contribution is -2.49. The van der Waals surface area contributed by atoms with E-state index >= 15 is 0 Å². The van der Waals surface area contributed by atoms with Crippen LogP contribution in [0.5, 0.6) is 5.75 Å². The monoisotopic (exact) mass is 391 g/mol. The summed E-state index contributed by atoms with van der Waals surface area (Å²) >= 11 is 0. The van der Waals surface area contributed by atoms with Crippen molar-refractivity contribution in [2.75, 3.05) is 43.5 Å². The summed E-state index contributed by atoms with van der Waals surface area (Å²) in [6.45, 7) is 2.54. The third-order valence-corrected chi connectivity index (χ3v) is 4.65. The molecule has 0 saturated carbocycles. The van der Waals surface area contributed by atoms with Crippen molar-refractivity contribution in [3.63, 3.8) is 0 Å². The SMILES string of the molecule is COc1ccc(Nc2ccc(C(=O)N3CCN(c4ncccn4)CC3)nn2)cc1. The van der Waals surface area contributed by atoms with E-state index in [1.807, 2.05) is 24.3 Å². The Morgan fingerprint density at radius 3 is 2.31 bits per heavy atom. The van der Waals surface area contributed by atoms with Gasteiger partial charge in [0.25, 0.3) is 5.91 Å². The number of methoxy groups -OCH3 is 1. The van der Waals surface area contributed by atoms with Gasteiger partial charge in [-0.3, -0.25) is 4.79 Å². The van der Waals surface area contributed by atoms with E-state index in [1.54, 1.807) is 42.6 Å². The summed E-state index contributed by atoms with van der Waals surface area (Å²) in [6.07, 6.45) is 3.44. The number of rotatable bonds is 5. The average molecular weight is 391 g/mol. The second-order valence-corrected chi connectivity index (χ2v) is 6.49. The smallest absolute Gasteiger partial charge is 0.274 e. The fraction of sp³-hybridized carbons (Fsp3) is 0.250. The first-order chi connectivity index (χ1) is 14.2. The van der Waals surface area contributed by atoms with Gasteiger partial charge in [0.1, 0.15) is 5.75 Å². The second kappa shape index (κ2) is 8.51. The average Bonchev–Trinajstić information content (AvgIpc) is 2.80. The molecule has 9 heteroatoms. The van der Waals surface area contributed by atoms with Gasteiger partial charge in [-0.05, 0) is 42.5 Å². The molecule has 1 fully saturated rings. The third kappa shape index (κ3) is 4.40. The second-order valence-electron chi connectivity index (χ2n) is 6.49. The molecular weight excluding hydrogens is 370 g/mol. The molecule has 148 valence electrons. The lowest BCUT2D eigenvalue weighted by molar-refractivity contribution is 0.0739. The van der Waals surface area contributed by atoms with Crippen LogP contribution >= 0.6 is 0 Å². The number of piperazine rings is 1. The first kappa shape index (κ1) is 18.6. The molecule has 1 aliphatic heterocycles. The number of ether oxygens (including phenoxy) is 1. The van der Waals surface area contributed by atoms with E-state index in [4.69, 9.17) is 4.74 Å². The molecule has 29 heavy (non-hydrogen) atoms. The number of carbonyl (C=O) groups excluding carboxylic acids is 1. The van der Waals surface area contributed by atoms with E-state index in [2.05, 4.69) is 30.4 Å². The van der Waals surface area contributed by atoms with E-state index in [-0.39, 0.29) is 5.91 Å². The van der Waals surface area contributed by atoms with Crippen LogP contribution in [0.1, 0.15) is 10.5 Å². The summed E-state index contributed by atoms with van der Waals surface area (Å²) in [6, 6.07) is 12.7. The Hall–Kier alpha value is -3.75. The number of nitrogens with one attached hydrogen (secondary N) is 1. The number of benzene rings is 1. The van der Waals surface area contributed by atoms with Crippen molar-refractivity contribution in [3.8, 4) is 5.75 Å². The summed E-state index contributed by atoms with van der Waals surface area (Å²) < 4.78 is 5.14. The number of carbonyl (C=O) groups is 1. The van der Waals surface area contributed by atoms with Gasteiger partial charge in [-0.15, -0.1) is 10.2 Å². The molecule has 0 bridgehead atoms. The zero-order valence-electron chi connectivity index (χ0n) is 16.0. The maximum absolute atomic E-state index is 12.7. The summed E-state index contributed by atoms with van der Waals surface area (Å²) in [5, 5.41) is 11.4. The molecule has 4 rings (SSSR count). The molecule has 0 spiro atoms. The summed E-state index contributed by atoms with van der Waals surface area (Å²) in [5.74, 6) is 1.91. The molecule has 0 atom stereocenters. The van der Waals surface area contributed by atoms with Crippen molar-refractivity contribution in [1.82, 2.24) is 25.1 Å². The zero-order chi connectivity index (χ0) is 20.1. The van der Waals surface area contributed by atoms with Crippen LogP contribution in [0.4, 0.5) is 17.5 Å². The maximum Gasteiger partial charge on any atom is 0.274 e. The summed E-state index contributed by atoms with van der Waals surface area (Å²) in [4.78, 5) is 25.1. The van der Waals surface area contributed by atoms with Gasteiger partial charge in [-0.2, -0.15) is 0 Å². The van der Waals surface area contributed by atoms with Crippen molar-refractivity contribution in [2.24, 2.45) is 0 Å². The molecule has 0 radical (unpaired) electrons. The number of aromatic nitrogens is 4. The van der Waals surface area contributed by atoms with E-state index < -0.39 is 0 Å². The Labute approximate surface area is 168 Å². The largest absolute Gasteiger partial charge is 0.497 e. The molecule has 1 aliphatic rings. The molecule has 1 N–H and O–H groups in total. The van der Waals surface area contributed by atoms with Crippen molar-refractivity contribution >= 4 is 23.4 Å². The van der Waals surface area contributed by atoms with Crippen molar-refractivity contribution in [2.45, 2.75) is 0 Å². The van der Waals surface area contributed by atoms with Gasteiger partial charge in [0.2, 0.25) is 5.95 Å². The number of hydrogen-bond donors (Lipinski definition) is 1. The third-order valence-electron chi connectivity index (χ3n) is 4.65. The fourth-order valence-electron chi connectivity index (χ4n) is 3.06. The Balaban J connectivity index is 1.34. The van der Waals surface area contributed by atoms with E-state index in [1.165, 1.54) is 0 Å². The van der Waals surface area contributed by atoms with Gasteiger partial charge in [-0.1, -0.05) is 0 Å². The van der Waals surface area contributed by atoms with Crippen LogP contribution in [-0.2, 0) is 0 Å². The van der Waals surface area contributed by atoms with E-state index in [9.17, 15) is 4.79 Å². The van der Waals surface area contributed by atoms with Crippen LogP contribution in [0.15, 0.2) is 54.9 Å². The van der Waals surface area contributed by atoms with Gasteiger partial charge < -0.3 is 19.9 Å². The Morgan fingerprint density at radius 1 is 0.966 bits per heavy atom. The van der Waals surface area contributed by atoms with Crippen LogP contribution in [0.3, 0.4) is 0 Å². The topological polar surface area (TPSA) is 96.4 Å². The van der Waals surface area contributed by atoms with Crippen LogP contribution in [-0.4, -0.2) is 64.3 Å². The van der Waals surface area contributed by atoms with Crippen molar-refractivity contribution in [1.29, 1.82) is 0 Å². The van der Waals surface area contributed by atoms with Gasteiger partial charge in [-0.25, -0.2) is 9.97 Å². The maximum atomic E-state index is 12.7. The number of anilines is 3. The predicted octanol–water partition coefficient (Wildman–Crippen LogP) is 1.98. The quantitative estimate of drug-likeness (QED) is 0.705. The minimum atomic E-state index is -0.123. The highest BCUT2D eigenvalue weighted by Crippen LogP contribution is 2.18. The zero-order valence-corrected chi connectivity index (χ0v) is 16.0. The Morgan fingerprint density at radius 2 is 1.69 bits per heavy atom. The van der Waals surface area contributed by atoms with Gasteiger partial charge in [0.05, 0.1) is 7.11 Å². The fourth-order valence-corrected chi connectivity index (χ4v) is 3.06. The minimum Gasteiger partial charge on any atom is -0.497 e. The molecule has 1 saturated heterocycles. The molecule has 3 heterocycles. The lowest BCUT2D eigenvalue weighted by Gasteiger charge is -2.34. The molecule has 2 aromatic heterocycles. The summed E-state index contributed by atoms with van der Waals surface area (Å²) in [7, 11) is 1.62. The predicted molar refractivity (Wildman–Crippen MR) is 108 cm³/mol. The van der Waals surface area contributed by atoms with E-state index in [0.29, 0.717) is 43.6 Å². The number of hydrogen-bond acceptors (Lipinski definition) is 8. The first-order valence-corrected chi connectivity index (χ1v) is 9.29. The molecule has 9 nitrogen and oxygen atoms in total. The lowest BCUT2D eigenvalue weighted by atomic mass is 10.2. The first-order valence-electron chi connectivity index (χ1n) is 9.29. The normalized spacial score (nSPS) is 13.8. The number of amides is 1. The number of nitrogens with zero attached hydrogens (tertiary/aromatic N) is 6. The van der Waals surface area contributed by atoms with Crippen molar-refractivity contribution < 1.29 is 9.53 Å². The van der Waals surface area contributed by atoms with Gasteiger partial charge >= 0.3 is 0 Å². The molecule has 0 aliphatic carbocycles. The minimum absolute atomic E-state index is 0.123. The molecule has 0 unspecified atom stereocenters. The van der Waals surface area contributed by atoms with E-state index in [0.717, 1.165) is 11.4 Å². The van der Waals surface area contributed by atoms with Gasteiger partial charge in [0, 0.05) is 44.3 Å². The molecule has 1 aromatic carbocycles. The van der Waals surface area contributed by atoms with Crippen molar-refractivity contribution in [3.05, 3.63) is 60.6 Å². The van der Waals surface area contributed by atoms with Crippen LogP contribution in [0.25, 0.3) is 0 Å². The van der Waals surface area contributed by atoms with Crippen LogP contribution < -0.4 is 15.0 Å². The highest BCUT2D eigenvalue weighted by atomic mass is 16.5. The Kier molecular flexibility index (Phi) is 5.46. The highest BCUT2D eigenvalue weighted by Gasteiger charge is 2.24. The van der Waals surface area contributed by atoms with Crippen LogP contribution in [0.2, 0.25) is 0 Å². The molecule has 3 aromatic rings. The highest BCUT2D eigenvalue weighted by molar-refractivity contribution is 5.92. The standard InChI is InChI=1S/C20H21N7O2/c1-29-16-5-3-15(4-6-16)23-18-8-7-17(24-25-18)19(28)26-11-13-27(14-12-26)20-21-9-2-10-22-20/h2-10H,11-14H2,1H3,(H,23,25). The summed E-state index contributed by atoms with van der Waals surface area (Å²) in [5.41, 5.74) is 1.19. The van der Waals surface area contributed by atoms with Gasteiger partial charge in [0.15, 0.2) is 11.5 Å². The van der Waals surface area contributed by atoms with Crippen LogP contribution in [0, 0.1) is 0 Å². The molecular formula is C20H21N7O2. The molecule has 1 amide bonds. The Bertz CT molecular complexity index is 941.